The molecular weight excluding hydrogens is 222 g/mol. The first kappa shape index (κ1) is 12.8. The van der Waals surface area contributed by atoms with E-state index >= 15 is 0 Å². The quantitative estimate of drug-likeness (QED) is 0.897. The van der Waals surface area contributed by atoms with Gasteiger partial charge in [0.25, 0.3) is 0 Å². The zero-order chi connectivity index (χ0) is 13.3. The van der Waals surface area contributed by atoms with Crippen LogP contribution in [0.15, 0.2) is 30.5 Å². The second-order valence-corrected chi connectivity index (χ2v) is 5.12. The summed E-state index contributed by atoms with van der Waals surface area (Å²) in [4.78, 5) is 0. The minimum atomic E-state index is 0.0606. The number of aryl methyl sites for hydroxylation is 1. The van der Waals surface area contributed by atoms with Gasteiger partial charge in [0.05, 0.1) is 5.69 Å². The Bertz CT molecular complexity index is 538. The fourth-order valence-electron chi connectivity index (χ4n) is 2.02. The van der Waals surface area contributed by atoms with Crippen LogP contribution in [0.5, 0.6) is 0 Å². The second-order valence-electron chi connectivity index (χ2n) is 5.12. The van der Waals surface area contributed by atoms with E-state index < -0.39 is 0 Å². The molecule has 0 amide bonds. The van der Waals surface area contributed by atoms with Gasteiger partial charge in [-0.25, -0.2) is 0 Å². The molecule has 0 aliphatic rings. The number of hydrogen-bond donors (Lipinski definition) is 1. The molecule has 3 nitrogen and oxygen atoms in total. The normalized spacial score (nSPS) is 13.0. The van der Waals surface area contributed by atoms with Crippen LogP contribution >= 0.6 is 0 Å². The summed E-state index contributed by atoms with van der Waals surface area (Å²) in [5.74, 6) is 0. The molecule has 0 bridgehead atoms. The first-order valence-corrected chi connectivity index (χ1v) is 6.40. The van der Waals surface area contributed by atoms with Crippen molar-refractivity contribution in [3.05, 3.63) is 41.7 Å². The Hall–Kier alpha value is -1.61. The third kappa shape index (κ3) is 2.46. The van der Waals surface area contributed by atoms with E-state index in [-0.39, 0.29) is 6.04 Å². The van der Waals surface area contributed by atoms with Crippen LogP contribution < -0.4 is 5.73 Å². The number of nitrogens with two attached hydrogens (primary N) is 1. The first-order valence-electron chi connectivity index (χ1n) is 6.40. The van der Waals surface area contributed by atoms with Crippen molar-refractivity contribution in [3.63, 3.8) is 0 Å². The van der Waals surface area contributed by atoms with Crippen LogP contribution in [-0.4, -0.2) is 9.78 Å². The lowest BCUT2D eigenvalue weighted by molar-refractivity contribution is 0.529. The third-order valence-electron chi connectivity index (χ3n) is 3.17. The van der Waals surface area contributed by atoms with Gasteiger partial charge in [-0.15, -0.1) is 0 Å². The number of rotatable bonds is 3. The molecule has 0 saturated heterocycles. The number of hydrogen-bond acceptors (Lipinski definition) is 2. The zero-order valence-corrected chi connectivity index (χ0v) is 11.5. The van der Waals surface area contributed by atoms with E-state index in [9.17, 15) is 0 Å². The average molecular weight is 243 g/mol. The Balaban J connectivity index is 2.45. The molecule has 18 heavy (non-hydrogen) atoms. The van der Waals surface area contributed by atoms with Gasteiger partial charge in [-0.2, -0.15) is 5.10 Å². The second kappa shape index (κ2) is 4.94. The molecule has 1 aromatic carbocycles. The summed E-state index contributed by atoms with van der Waals surface area (Å²) in [5.41, 5.74) is 10.5. The Labute approximate surface area is 109 Å². The van der Waals surface area contributed by atoms with Gasteiger partial charge in [0, 0.05) is 23.8 Å². The molecule has 0 aliphatic carbocycles. The summed E-state index contributed by atoms with van der Waals surface area (Å²) in [6.07, 6.45) is 2.11. The number of aromatic nitrogens is 2. The van der Waals surface area contributed by atoms with Gasteiger partial charge in [-0.3, -0.25) is 4.68 Å². The summed E-state index contributed by atoms with van der Waals surface area (Å²) in [6, 6.07) is 8.83. The molecule has 96 valence electrons. The van der Waals surface area contributed by atoms with Crippen LogP contribution in [0.25, 0.3) is 11.1 Å². The van der Waals surface area contributed by atoms with E-state index in [0.717, 1.165) is 11.3 Å². The van der Waals surface area contributed by atoms with Crippen LogP contribution in [0.2, 0.25) is 0 Å². The van der Waals surface area contributed by atoms with Crippen molar-refractivity contribution in [1.29, 1.82) is 0 Å². The van der Waals surface area contributed by atoms with Crippen molar-refractivity contribution >= 4 is 0 Å². The van der Waals surface area contributed by atoms with Gasteiger partial charge in [0.2, 0.25) is 0 Å². The number of nitrogens with zero attached hydrogens (tertiary/aromatic N) is 2. The summed E-state index contributed by atoms with van der Waals surface area (Å²) in [7, 11) is 0. The lowest BCUT2D eigenvalue weighted by Gasteiger charge is -2.07. The van der Waals surface area contributed by atoms with Gasteiger partial charge < -0.3 is 5.73 Å². The molecule has 1 heterocycles. The largest absolute Gasteiger partial charge is 0.324 e. The molecule has 0 spiro atoms. The minimum Gasteiger partial charge on any atom is -0.324 e. The molecule has 1 atom stereocenters. The van der Waals surface area contributed by atoms with Crippen molar-refractivity contribution in [1.82, 2.24) is 9.78 Å². The molecule has 0 fully saturated rings. The van der Waals surface area contributed by atoms with E-state index in [1.54, 1.807) is 0 Å². The highest BCUT2D eigenvalue weighted by Gasteiger charge is 2.10. The van der Waals surface area contributed by atoms with Gasteiger partial charge >= 0.3 is 0 Å². The predicted octanol–water partition coefficient (Wildman–Crippen LogP) is 3.46. The molecule has 1 aromatic heterocycles. The predicted molar refractivity (Wildman–Crippen MR) is 75.4 cm³/mol. The average Bonchev–Trinajstić information content (AvgIpc) is 2.72. The monoisotopic (exact) mass is 243 g/mol. The standard InChI is InChI=1S/C15H21N3/c1-10(2)18-9-15(12(4)17-18)14-7-5-6-13(8-14)11(3)16/h5-11H,16H2,1-4H3. The molecule has 2 rings (SSSR count). The SMILES string of the molecule is Cc1nn(C(C)C)cc1-c1cccc(C(C)N)c1. The van der Waals surface area contributed by atoms with Gasteiger partial charge in [-0.05, 0) is 44.9 Å². The first-order chi connectivity index (χ1) is 8.49. The molecule has 3 heteroatoms. The summed E-state index contributed by atoms with van der Waals surface area (Å²) in [6.45, 7) is 8.32. The molecule has 0 saturated carbocycles. The maximum Gasteiger partial charge on any atom is 0.0672 e. The molecule has 1 unspecified atom stereocenters. The van der Waals surface area contributed by atoms with Gasteiger partial charge in [-0.1, -0.05) is 18.2 Å². The highest BCUT2D eigenvalue weighted by Crippen LogP contribution is 2.26. The Kier molecular flexibility index (Phi) is 3.53. The lowest BCUT2D eigenvalue weighted by atomic mass is 10.0. The smallest absolute Gasteiger partial charge is 0.0672 e. The number of benzene rings is 1. The maximum atomic E-state index is 5.93. The van der Waals surface area contributed by atoms with E-state index in [1.807, 2.05) is 18.5 Å². The Morgan fingerprint density at radius 3 is 2.50 bits per heavy atom. The topological polar surface area (TPSA) is 43.8 Å². The van der Waals surface area contributed by atoms with E-state index in [2.05, 4.69) is 49.4 Å². The van der Waals surface area contributed by atoms with Crippen molar-refractivity contribution in [2.24, 2.45) is 5.73 Å². The van der Waals surface area contributed by atoms with Gasteiger partial charge in [0.15, 0.2) is 0 Å². The fourth-order valence-corrected chi connectivity index (χ4v) is 2.02. The van der Waals surface area contributed by atoms with E-state index in [0.29, 0.717) is 6.04 Å². The molecule has 2 aromatic rings. The summed E-state index contributed by atoms with van der Waals surface area (Å²) < 4.78 is 2.00. The van der Waals surface area contributed by atoms with Crippen LogP contribution in [0.3, 0.4) is 0 Å². The Morgan fingerprint density at radius 2 is 1.94 bits per heavy atom. The minimum absolute atomic E-state index is 0.0606. The van der Waals surface area contributed by atoms with Gasteiger partial charge in [0.1, 0.15) is 0 Å². The fraction of sp³-hybridized carbons (Fsp3) is 0.400. The third-order valence-corrected chi connectivity index (χ3v) is 3.17. The highest BCUT2D eigenvalue weighted by molar-refractivity contribution is 5.66. The van der Waals surface area contributed by atoms with E-state index in [4.69, 9.17) is 5.73 Å². The molecule has 0 radical (unpaired) electrons. The summed E-state index contributed by atoms with van der Waals surface area (Å²) >= 11 is 0. The van der Waals surface area contributed by atoms with Crippen LogP contribution in [-0.2, 0) is 0 Å². The molecule has 2 N–H and O–H groups in total. The lowest BCUT2D eigenvalue weighted by Crippen LogP contribution is -2.04. The van der Waals surface area contributed by atoms with Crippen molar-refractivity contribution in [3.8, 4) is 11.1 Å². The van der Waals surface area contributed by atoms with Crippen molar-refractivity contribution in [2.45, 2.75) is 39.8 Å². The molecule has 0 aliphatic heterocycles. The molecular formula is C15H21N3. The zero-order valence-electron chi connectivity index (χ0n) is 11.5. The van der Waals surface area contributed by atoms with Crippen LogP contribution in [0, 0.1) is 6.92 Å². The van der Waals surface area contributed by atoms with Crippen LogP contribution in [0.1, 0.15) is 44.1 Å². The van der Waals surface area contributed by atoms with Crippen molar-refractivity contribution < 1.29 is 0 Å². The Morgan fingerprint density at radius 1 is 1.22 bits per heavy atom. The highest BCUT2D eigenvalue weighted by atomic mass is 15.3. The van der Waals surface area contributed by atoms with Crippen LogP contribution in [0.4, 0.5) is 0 Å². The maximum absolute atomic E-state index is 5.93. The van der Waals surface area contributed by atoms with Crippen molar-refractivity contribution in [2.75, 3.05) is 0 Å². The van der Waals surface area contributed by atoms with E-state index in [1.165, 1.54) is 11.1 Å². The summed E-state index contributed by atoms with van der Waals surface area (Å²) in [5, 5.41) is 4.55.